The zero-order valence-corrected chi connectivity index (χ0v) is 41.0. The monoisotopic (exact) mass is 895 g/mol. The van der Waals surface area contributed by atoms with Crippen LogP contribution in [-0.2, 0) is 9.59 Å². The van der Waals surface area contributed by atoms with Gasteiger partial charge in [-0.15, -0.1) is 0 Å². The molecule has 4 aromatic rings. The molecule has 2 aliphatic rings. The number of unbranched alkanes of at least 4 members (excludes halogenated alkanes) is 9. The van der Waals surface area contributed by atoms with Gasteiger partial charge < -0.3 is 29.8 Å². The minimum Gasteiger partial charge on any atom is -0.510 e. The number of carbonyl (C=O) groups is 2. The summed E-state index contributed by atoms with van der Waals surface area (Å²) in [5.41, 5.74) is 8.70. The number of ketones is 2. The van der Waals surface area contributed by atoms with Gasteiger partial charge in [0.05, 0.1) is 11.1 Å². The van der Waals surface area contributed by atoms with E-state index in [4.69, 9.17) is 0 Å². The molecule has 4 aromatic carbocycles. The second kappa shape index (κ2) is 24.9. The van der Waals surface area contributed by atoms with E-state index in [1.54, 1.807) is 0 Å². The summed E-state index contributed by atoms with van der Waals surface area (Å²) in [7, 11) is 4.23. The zero-order chi connectivity index (χ0) is 47.0. The first-order valence-electron chi connectivity index (χ1n) is 25.4. The molecule has 0 spiro atoms. The van der Waals surface area contributed by atoms with Crippen LogP contribution in [0.1, 0.15) is 152 Å². The fourth-order valence-corrected chi connectivity index (χ4v) is 9.44. The van der Waals surface area contributed by atoms with Crippen LogP contribution >= 0.6 is 0 Å². The number of carbonyl (C=O) groups excluding carboxylic acids is 2. The van der Waals surface area contributed by atoms with Gasteiger partial charge in [0, 0.05) is 76.1 Å². The van der Waals surface area contributed by atoms with E-state index in [2.05, 4.69) is 110 Å². The van der Waals surface area contributed by atoms with Gasteiger partial charge in [0.1, 0.15) is 23.4 Å². The Morgan fingerprint density at radius 1 is 0.379 bits per heavy atom. The van der Waals surface area contributed by atoms with Crippen LogP contribution < -0.4 is 19.6 Å². The minimum absolute atomic E-state index is 0.0171. The van der Waals surface area contributed by atoms with Crippen LogP contribution in [0.5, 0.6) is 0 Å². The Hall–Kier alpha value is -5.50. The lowest BCUT2D eigenvalue weighted by molar-refractivity contribution is -0.117. The first-order valence-corrected chi connectivity index (χ1v) is 25.4. The van der Waals surface area contributed by atoms with Crippen molar-refractivity contribution in [3.05, 3.63) is 131 Å². The number of aliphatic hydroxyl groups is 2. The Labute approximate surface area is 397 Å². The van der Waals surface area contributed by atoms with Crippen molar-refractivity contribution in [1.82, 2.24) is 0 Å². The summed E-state index contributed by atoms with van der Waals surface area (Å²) in [5.74, 6) is -0.857. The molecule has 8 heteroatoms. The minimum atomic E-state index is -0.582. The molecule has 2 aliphatic carbocycles. The number of hydrogen-bond acceptors (Lipinski definition) is 8. The number of Topliss-reactive ketones (excluding diaryl/α,β-unsaturated/α-hetero) is 2. The summed E-state index contributed by atoms with van der Waals surface area (Å²) in [6.45, 7) is 14.9. The summed E-state index contributed by atoms with van der Waals surface area (Å²) in [5, 5.41) is 22.2. The highest BCUT2D eigenvalue weighted by atomic mass is 16.3. The molecule has 0 saturated carbocycles. The van der Waals surface area contributed by atoms with Gasteiger partial charge in [-0.1, -0.05) is 128 Å². The highest BCUT2D eigenvalue weighted by molar-refractivity contribution is 6.32. The van der Waals surface area contributed by atoms with Gasteiger partial charge in [0.15, 0.2) is 11.6 Å². The van der Waals surface area contributed by atoms with Gasteiger partial charge in [-0.25, -0.2) is 0 Å². The zero-order valence-electron chi connectivity index (χ0n) is 41.0. The van der Waals surface area contributed by atoms with E-state index in [0.717, 1.165) is 137 Å². The Kier molecular flexibility index (Phi) is 18.8. The Morgan fingerprint density at radius 2 is 0.667 bits per heavy atom. The van der Waals surface area contributed by atoms with Crippen molar-refractivity contribution >= 4 is 45.5 Å². The fraction of sp³-hybridized carbons (Fsp3) is 0.483. The van der Waals surface area contributed by atoms with Gasteiger partial charge in [-0.05, 0) is 109 Å². The molecule has 6 rings (SSSR count). The molecule has 0 aliphatic heterocycles. The Balaban J connectivity index is 0.880. The first-order chi connectivity index (χ1) is 32.1. The SMILES string of the molecule is CCCCN(CCCC)c1ccc(C2C(=O)C(c3ccc(N(C)CCCCCCCCN(C)c4ccc(C5=C(O)C(c6ccc(N(CCCC)CCCC)cc6)C5=O)cc4)cc3)=C2O)cc1. The van der Waals surface area contributed by atoms with Gasteiger partial charge in [-0.3, -0.25) is 9.59 Å². The summed E-state index contributed by atoms with van der Waals surface area (Å²) in [6.07, 6.45) is 16.2. The quantitative estimate of drug-likeness (QED) is 0.0521. The van der Waals surface area contributed by atoms with E-state index in [0.29, 0.717) is 11.1 Å². The van der Waals surface area contributed by atoms with Crippen molar-refractivity contribution in [3.63, 3.8) is 0 Å². The average molecular weight is 895 g/mol. The topological polar surface area (TPSA) is 87.6 Å². The predicted octanol–water partition coefficient (Wildman–Crippen LogP) is 13.7. The second-order valence-electron chi connectivity index (χ2n) is 18.7. The third-order valence-electron chi connectivity index (χ3n) is 13.8. The molecule has 0 saturated heterocycles. The van der Waals surface area contributed by atoms with E-state index in [-0.39, 0.29) is 23.1 Å². The number of allylic oxidation sites excluding steroid dienone is 4. The molecule has 0 radical (unpaired) electrons. The van der Waals surface area contributed by atoms with Crippen LogP contribution in [0.15, 0.2) is 109 Å². The van der Waals surface area contributed by atoms with Crippen LogP contribution in [0.2, 0.25) is 0 Å². The number of rotatable bonds is 29. The molecule has 0 bridgehead atoms. The van der Waals surface area contributed by atoms with Crippen LogP contribution in [0.3, 0.4) is 0 Å². The van der Waals surface area contributed by atoms with Crippen LogP contribution in [0.4, 0.5) is 22.7 Å². The summed E-state index contributed by atoms with van der Waals surface area (Å²) >= 11 is 0. The number of benzene rings is 4. The molecule has 0 heterocycles. The molecule has 2 N–H and O–H groups in total. The molecule has 0 amide bonds. The third-order valence-corrected chi connectivity index (χ3v) is 13.8. The molecule has 2 atom stereocenters. The summed E-state index contributed by atoms with van der Waals surface area (Å²) in [6, 6.07) is 32.5. The lowest BCUT2D eigenvalue weighted by Crippen LogP contribution is -2.29. The maximum absolute atomic E-state index is 13.4. The fourth-order valence-electron chi connectivity index (χ4n) is 9.44. The average Bonchev–Trinajstić information content (AvgIpc) is 3.33. The number of hydrogen-bond donors (Lipinski definition) is 2. The van der Waals surface area contributed by atoms with E-state index >= 15 is 0 Å². The molecule has 0 aromatic heterocycles. The Morgan fingerprint density at radius 3 is 0.955 bits per heavy atom. The largest absolute Gasteiger partial charge is 0.510 e. The van der Waals surface area contributed by atoms with Crippen molar-refractivity contribution in [2.45, 2.75) is 129 Å². The number of nitrogens with zero attached hydrogens (tertiary/aromatic N) is 4. The normalized spacial score (nSPS) is 15.8. The van der Waals surface area contributed by atoms with Crippen molar-refractivity contribution in [3.8, 4) is 0 Å². The van der Waals surface area contributed by atoms with Gasteiger partial charge >= 0.3 is 0 Å². The van der Waals surface area contributed by atoms with Crippen LogP contribution in [0.25, 0.3) is 11.1 Å². The van der Waals surface area contributed by atoms with Gasteiger partial charge in [-0.2, -0.15) is 0 Å². The lowest BCUT2D eigenvalue weighted by Gasteiger charge is -2.30. The van der Waals surface area contributed by atoms with Crippen molar-refractivity contribution in [2.24, 2.45) is 0 Å². The molecular formula is C58H78N4O4. The number of anilines is 4. The van der Waals surface area contributed by atoms with E-state index in [1.807, 2.05) is 48.5 Å². The Bertz CT molecular complexity index is 2040. The second-order valence-corrected chi connectivity index (χ2v) is 18.7. The van der Waals surface area contributed by atoms with Crippen molar-refractivity contribution < 1.29 is 19.8 Å². The smallest absolute Gasteiger partial charge is 0.181 e. The number of aliphatic hydroxyl groups excluding tert-OH is 2. The standard InChI is InChI=1S/C58H78N4O4/c1-7-11-39-61(40-12-8-2)49-33-25-45(26-34-49)53-55(63)51(56(53)64)43-21-29-47(30-22-43)59(5)37-19-17-15-16-18-20-38-60(6)48-31-23-44(24-32-48)52-57(65)54(58(52)66)46-27-35-50(36-28-46)62(41-13-9-3)42-14-10-4/h21-36,53-54,63,65H,7-20,37-42H2,1-6H3. The summed E-state index contributed by atoms with van der Waals surface area (Å²) < 4.78 is 0. The lowest BCUT2D eigenvalue weighted by atomic mass is 9.75. The van der Waals surface area contributed by atoms with Crippen molar-refractivity contribution in [2.75, 3.05) is 73.0 Å². The van der Waals surface area contributed by atoms with Gasteiger partial charge in [0.25, 0.3) is 0 Å². The molecular weight excluding hydrogens is 817 g/mol. The van der Waals surface area contributed by atoms with E-state index in [1.165, 1.54) is 37.1 Å². The first kappa shape index (κ1) is 49.9. The van der Waals surface area contributed by atoms with Gasteiger partial charge in [0.2, 0.25) is 0 Å². The molecule has 0 fully saturated rings. The van der Waals surface area contributed by atoms with E-state index < -0.39 is 11.8 Å². The molecule has 354 valence electrons. The third kappa shape index (κ3) is 12.3. The highest BCUT2D eigenvalue weighted by Gasteiger charge is 2.42. The maximum Gasteiger partial charge on any atom is 0.181 e. The summed E-state index contributed by atoms with van der Waals surface area (Å²) in [4.78, 5) is 36.1. The molecule has 66 heavy (non-hydrogen) atoms. The van der Waals surface area contributed by atoms with Crippen LogP contribution in [0, 0.1) is 0 Å². The van der Waals surface area contributed by atoms with Crippen molar-refractivity contribution in [1.29, 1.82) is 0 Å². The highest BCUT2D eigenvalue weighted by Crippen LogP contribution is 2.45. The predicted molar refractivity (Wildman–Crippen MR) is 279 cm³/mol. The molecule has 2 unspecified atom stereocenters. The van der Waals surface area contributed by atoms with Crippen LogP contribution in [-0.4, -0.2) is 75.1 Å². The van der Waals surface area contributed by atoms with E-state index in [9.17, 15) is 19.8 Å². The molecule has 8 nitrogen and oxygen atoms in total. The maximum atomic E-state index is 13.4.